The number of rotatable bonds is 5. The first-order valence-corrected chi connectivity index (χ1v) is 9.67. The van der Waals surface area contributed by atoms with Crippen LogP contribution in [0.3, 0.4) is 0 Å². The molecule has 0 saturated carbocycles. The number of methoxy groups -OCH3 is 3. The van der Waals surface area contributed by atoms with Gasteiger partial charge in [-0.1, -0.05) is 36.4 Å². The average molecular weight is 418 g/mol. The van der Waals surface area contributed by atoms with Crippen LogP contribution < -0.4 is 24.4 Å². The second-order valence-electron chi connectivity index (χ2n) is 6.95. The maximum Gasteiger partial charge on any atom is 0.259 e. The number of carbonyl (C=O) groups excluding carboxylic acids is 2. The van der Waals surface area contributed by atoms with Crippen LogP contribution in [0.25, 0.3) is 11.1 Å². The third kappa shape index (κ3) is 3.77. The Hall–Kier alpha value is -4.00. The van der Waals surface area contributed by atoms with Gasteiger partial charge in [0.1, 0.15) is 6.54 Å². The van der Waals surface area contributed by atoms with E-state index in [4.69, 9.17) is 14.2 Å². The number of fused-ring (bicyclic) bond motifs is 1. The molecule has 0 saturated heterocycles. The van der Waals surface area contributed by atoms with E-state index in [0.717, 1.165) is 11.1 Å². The van der Waals surface area contributed by atoms with E-state index in [9.17, 15) is 9.59 Å². The van der Waals surface area contributed by atoms with Gasteiger partial charge in [-0.05, 0) is 35.4 Å². The van der Waals surface area contributed by atoms with E-state index >= 15 is 0 Å². The molecule has 0 aliphatic carbocycles. The average Bonchev–Trinajstić information content (AvgIpc) is 2.82. The number of benzene rings is 3. The zero-order chi connectivity index (χ0) is 22.0. The molecule has 7 heteroatoms. The van der Waals surface area contributed by atoms with Crippen LogP contribution >= 0.6 is 0 Å². The van der Waals surface area contributed by atoms with Crippen LogP contribution in [0.4, 0.5) is 11.4 Å². The summed E-state index contributed by atoms with van der Waals surface area (Å²) in [6.07, 6.45) is 0. The number of ether oxygens (including phenoxy) is 3. The molecule has 7 nitrogen and oxygen atoms in total. The monoisotopic (exact) mass is 418 g/mol. The Balaban J connectivity index is 1.79. The highest BCUT2D eigenvalue weighted by molar-refractivity contribution is 6.15. The van der Waals surface area contributed by atoms with Crippen molar-refractivity contribution in [1.82, 2.24) is 0 Å². The van der Waals surface area contributed by atoms with Gasteiger partial charge in [0.25, 0.3) is 5.91 Å². The van der Waals surface area contributed by atoms with Crippen molar-refractivity contribution in [2.45, 2.75) is 0 Å². The standard InChI is InChI=1S/C24H22N2O5/c1-29-20-12-17(13-21(30-2)23(20)31-3)24(28)26-14-22(27)25-18-10-9-16(11-19(18)26)15-7-5-4-6-8-15/h4-13H,14H2,1-3H3,(H,25,27). The highest BCUT2D eigenvalue weighted by Gasteiger charge is 2.29. The molecular formula is C24H22N2O5. The third-order valence-corrected chi connectivity index (χ3v) is 5.13. The number of anilines is 2. The van der Waals surface area contributed by atoms with Gasteiger partial charge in [-0.25, -0.2) is 0 Å². The molecule has 1 N–H and O–H groups in total. The summed E-state index contributed by atoms with van der Waals surface area (Å²) in [5.41, 5.74) is 3.48. The fourth-order valence-corrected chi connectivity index (χ4v) is 3.63. The molecule has 0 fully saturated rings. The summed E-state index contributed by atoms with van der Waals surface area (Å²) in [5.74, 6) is 0.515. The van der Waals surface area contributed by atoms with Crippen LogP contribution in [0.5, 0.6) is 17.2 Å². The van der Waals surface area contributed by atoms with E-state index < -0.39 is 0 Å². The molecular weight excluding hydrogens is 396 g/mol. The fourth-order valence-electron chi connectivity index (χ4n) is 3.63. The van der Waals surface area contributed by atoms with Crippen molar-refractivity contribution in [3.8, 4) is 28.4 Å². The number of carbonyl (C=O) groups is 2. The second kappa shape index (κ2) is 8.39. The summed E-state index contributed by atoms with van der Waals surface area (Å²) in [6.45, 7) is -0.0965. The van der Waals surface area contributed by atoms with Crippen molar-refractivity contribution in [2.75, 3.05) is 38.1 Å². The lowest BCUT2D eigenvalue weighted by molar-refractivity contribution is -0.115. The number of amides is 2. The summed E-state index contributed by atoms with van der Waals surface area (Å²) in [7, 11) is 4.47. The molecule has 2 amide bonds. The summed E-state index contributed by atoms with van der Waals surface area (Å²) in [4.78, 5) is 27.2. The first-order chi connectivity index (χ1) is 15.0. The highest BCUT2D eigenvalue weighted by Crippen LogP contribution is 2.40. The van der Waals surface area contributed by atoms with Crippen molar-refractivity contribution >= 4 is 23.2 Å². The zero-order valence-electron chi connectivity index (χ0n) is 17.5. The molecule has 158 valence electrons. The summed E-state index contributed by atoms with van der Waals surface area (Å²) >= 11 is 0. The van der Waals surface area contributed by atoms with Gasteiger partial charge >= 0.3 is 0 Å². The molecule has 1 heterocycles. The largest absolute Gasteiger partial charge is 0.493 e. The molecule has 3 aromatic carbocycles. The number of nitrogens with one attached hydrogen (secondary N) is 1. The number of nitrogens with zero attached hydrogens (tertiary/aromatic N) is 1. The second-order valence-corrected chi connectivity index (χ2v) is 6.95. The molecule has 0 aromatic heterocycles. The molecule has 1 aliphatic rings. The summed E-state index contributed by atoms with van der Waals surface area (Å²) in [5, 5.41) is 2.84. The quantitative estimate of drug-likeness (QED) is 0.678. The first-order valence-electron chi connectivity index (χ1n) is 9.67. The smallest absolute Gasteiger partial charge is 0.259 e. The SMILES string of the molecule is COc1cc(C(=O)N2CC(=O)Nc3ccc(-c4ccccc4)cc32)cc(OC)c1OC. The van der Waals surface area contributed by atoms with E-state index in [1.54, 1.807) is 12.1 Å². The van der Waals surface area contributed by atoms with E-state index in [2.05, 4.69) is 5.32 Å². The van der Waals surface area contributed by atoms with Gasteiger partial charge in [0.05, 0.1) is 32.7 Å². The number of hydrogen-bond acceptors (Lipinski definition) is 5. The lowest BCUT2D eigenvalue weighted by atomic mass is 10.0. The topological polar surface area (TPSA) is 77.1 Å². The molecule has 0 radical (unpaired) electrons. The Kier molecular flexibility index (Phi) is 5.49. The van der Waals surface area contributed by atoms with Gasteiger partial charge < -0.3 is 19.5 Å². The van der Waals surface area contributed by atoms with Gasteiger partial charge in [-0.2, -0.15) is 0 Å². The normalized spacial score (nSPS) is 12.6. The van der Waals surface area contributed by atoms with Gasteiger partial charge in [-0.15, -0.1) is 0 Å². The molecule has 1 aliphatic heterocycles. The predicted molar refractivity (Wildman–Crippen MR) is 118 cm³/mol. The van der Waals surface area contributed by atoms with Crippen molar-refractivity contribution in [3.63, 3.8) is 0 Å². The van der Waals surface area contributed by atoms with Crippen molar-refractivity contribution < 1.29 is 23.8 Å². The van der Waals surface area contributed by atoms with E-state index in [-0.39, 0.29) is 18.4 Å². The minimum absolute atomic E-state index is 0.0965. The highest BCUT2D eigenvalue weighted by atomic mass is 16.5. The first kappa shape index (κ1) is 20.3. The van der Waals surface area contributed by atoms with Gasteiger partial charge in [0, 0.05) is 5.56 Å². The Bertz CT molecular complexity index is 1120. The zero-order valence-corrected chi connectivity index (χ0v) is 17.5. The molecule has 31 heavy (non-hydrogen) atoms. The van der Waals surface area contributed by atoms with Crippen LogP contribution in [0, 0.1) is 0 Å². The lowest BCUT2D eigenvalue weighted by Crippen LogP contribution is -2.42. The van der Waals surface area contributed by atoms with Gasteiger partial charge in [-0.3, -0.25) is 14.5 Å². The fraction of sp³-hybridized carbons (Fsp3) is 0.167. The van der Waals surface area contributed by atoms with E-state index in [1.807, 2.05) is 48.5 Å². The van der Waals surface area contributed by atoms with Crippen molar-refractivity contribution in [1.29, 1.82) is 0 Å². The molecule has 3 aromatic rings. The molecule has 0 unspecified atom stereocenters. The van der Waals surface area contributed by atoms with Gasteiger partial charge in [0.15, 0.2) is 11.5 Å². The van der Waals surface area contributed by atoms with Gasteiger partial charge in [0.2, 0.25) is 11.7 Å². The van der Waals surface area contributed by atoms with Crippen LogP contribution in [0.2, 0.25) is 0 Å². The lowest BCUT2D eigenvalue weighted by Gasteiger charge is -2.30. The van der Waals surface area contributed by atoms with Crippen LogP contribution in [-0.4, -0.2) is 39.7 Å². The molecule has 0 bridgehead atoms. The van der Waals surface area contributed by atoms with Crippen molar-refractivity contribution in [3.05, 3.63) is 66.2 Å². The Morgan fingerprint density at radius 1 is 0.871 bits per heavy atom. The van der Waals surface area contributed by atoms with Crippen LogP contribution in [-0.2, 0) is 4.79 Å². The summed E-state index contributed by atoms with van der Waals surface area (Å²) < 4.78 is 16.1. The Labute approximate surface area is 180 Å². The maximum atomic E-state index is 13.5. The summed E-state index contributed by atoms with van der Waals surface area (Å²) in [6, 6.07) is 18.6. The minimum atomic E-state index is -0.347. The minimum Gasteiger partial charge on any atom is -0.493 e. The Morgan fingerprint density at radius 3 is 2.16 bits per heavy atom. The van der Waals surface area contributed by atoms with E-state index in [1.165, 1.54) is 26.2 Å². The number of hydrogen-bond donors (Lipinski definition) is 1. The van der Waals surface area contributed by atoms with Crippen LogP contribution in [0.1, 0.15) is 10.4 Å². The van der Waals surface area contributed by atoms with Crippen molar-refractivity contribution in [2.24, 2.45) is 0 Å². The molecule has 0 spiro atoms. The Morgan fingerprint density at radius 2 is 1.55 bits per heavy atom. The van der Waals surface area contributed by atoms with Crippen LogP contribution in [0.15, 0.2) is 60.7 Å². The predicted octanol–water partition coefficient (Wildman–Crippen LogP) is 3.98. The third-order valence-electron chi connectivity index (χ3n) is 5.13. The molecule has 0 atom stereocenters. The maximum absolute atomic E-state index is 13.5. The van der Waals surface area contributed by atoms with E-state index in [0.29, 0.717) is 34.2 Å². The molecule has 4 rings (SSSR count).